The maximum absolute atomic E-state index is 12.2. The van der Waals surface area contributed by atoms with E-state index >= 15 is 0 Å². The zero-order valence-corrected chi connectivity index (χ0v) is 14.7. The van der Waals surface area contributed by atoms with E-state index in [2.05, 4.69) is 10.1 Å². The number of aromatic nitrogens is 2. The van der Waals surface area contributed by atoms with Crippen molar-refractivity contribution in [3.8, 4) is 22.9 Å². The van der Waals surface area contributed by atoms with Gasteiger partial charge in [-0.1, -0.05) is 5.16 Å². The summed E-state index contributed by atoms with van der Waals surface area (Å²) < 4.78 is 20.6. The molecule has 0 saturated carbocycles. The molecule has 134 valence electrons. The normalized spacial score (nSPS) is 10.4. The highest BCUT2D eigenvalue weighted by Crippen LogP contribution is 2.21. The summed E-state index contributed by atoms with van der Waals surface area (Å²) in [5.74, 6) is 1.59. The van der Waals surface area contributed by atoms with E-state index in [9.17, 15) is 4.79 Å². The molecule has 7 heteroatoms. The molecule has 3 aromatic rings. The second-order valence-electron chi connectivity index (χ2n) is 5.50. The molecule has 0 aliphatic heterocycles. The lowest BCUT2D eigenvalue weighted by Crippen LogP contribution is -2.07. The van der Waals surface area contributed by atoms with Gasteiger partial charge in [-0.3, -0.25) is 0 Å². The topological polar surface area (TPSA) is 83.7 Å². The predicted octanol–water partition coefficient (Wildman–Crippen LogP) is 3.42. The fourth-order valence-electron chi connectivity index (χ4n) is 2.37. The van der Waals surface area contributed by atoms with Crippen LogP contribution in [0, 0.1) is 6.92 Å². The third kappa shape index (κ3) is 3.83. The van der Waals surface area contributed by atoms with Crippen LogP contribution in [0.1, 0.15) is 21.8 Å². The molecule has 0 atom stereocenters. The van der Waals surface area contributed by atoms with Crippen molar-refractivity contribution in [3.63, 3.8) is 0 Å². The Labute approximate surface area is 150 Å². The average molecular weight is 354 g/mol. The molecule has 0 bridgehead atoms. The fraction of sp³-hybridized carbons (Fsp3) is 0.211. The van der Waals surface area contributed by atoms with Gasteiger partial charge >= 0.3 is 5.97 Å². The van der Waals surface area contributed by atoms with Crippen LogP contribution in [-0.4, -0.2) is 30.3 Å². The van der Waals surface area contributed by atoms with E-state index in [-0.39, 0.29) is 12.5 Å². The molecular formula is C19H18N2O5. The number of nitrogens with zero attached hydrogens (tertiary/aromatic N) is 2. The Morgan fingerprint density at radius 3 is 2.38 bits per heavy atom. The van der Waals surface area contributed by atoms with Gasteiger partial charge in [0.1, 0.15) is 11.5 Å². The third-order valence-electron chi connectivity index (χ3n) is 3.80. The first-order chi connectivity index (χ1) is 12.6. The Kier molecular flexibility index (Phi) is 5.17. The van der Waals surface area contributed by atoms with Gasteiger partial charge in [0.15, 0.2) is 6.61 Å². The van der Waals surface area contributed by atoms with Crippen molar-refractivity contribution in [2.24, 2.45) is 0 Å². The molecule has 0 aliphatic carbocycles. The van der Waals surface area contributed by atoms with Crippen molar-refractivity contribution in [1.29, 1.82) is 0 Å². The summed E-state index contributed by atoms with van der Waals surface area (Å²) in [6.07, 6.45) is 0. The van der Waals surface area contributed by atoms with E-state index in [1.807, 2.05) is 19.1 Å². The van der Waals surface area contributed by atoms with Crippen LogP contribution in [0.5, 0.6) is 11.5 Å². The second kappa shape index (κ2) is 7.69. The lowest BCUT2D eigenvalue weighted by Gasteiger charge is -2.07. The minimum absolute atomic E-state index is 0.104. The molecule has 0 amide bonds. The van der Waals surface area contributed by atoms with Crippen LogP contribution in [0.15, 0.2) is 47.0 Å². The van der Waals surface area contributed by atoms with Crippen LogP contribution in [0.2, 0.25) is 0 Å². The molecule has 0 aliphatic rings. The van der Waals surface area contributed by atoms with Gasteiger partial charge in [0.05, 0.1) is 19.8 Å². The van der Waals surface area contributed by atoms with Crippen molar-refractivity contribution >= 4 is 5.97 Å². The van der Waals surface area contributed by atoms with Crippen LogP contribution in [-0.2, 0) is 11.3 Å². The summed E-state index contributed by atoms with van der Waals surface area (Å²) in [6.45, 7) is 1.71. The molecule has 7 nitrogen and oxygen atoms in total. The van der Waals surface area contributed by atoms with Gasteiger partial charge in [0.2, 0.25) is 5.82 Å². The van der Waals surface area contributed by atoms with Crippen molar-refractivity contribution in [2.45, 2.75) is 13.5 Å². The van der Waals surface area contributed by atoms with Crippen LogP contribution in [0.25, 0.3) is 11.4 Å². The van der Waals surface area contributed by atoms with Crippen LogP contribution in [0.3, 0.4) is 0 Å². The molecule has 0 N–H and O–H groups in total. The molecule has 3 rings (SSSR count). The van der Waals surface area contributed by atoms with Crippen molar-refractivity contribution < 1.29 is 23.5 Å². The van der Waals surface area contributed by atoms with Gasteiger partial charge in [0, 0.05) is 5.56 Å². The zero-order chi connectivity index (χ0) is 18.5. The monoisotopic (exact) mass is 354 g/mol. The van der Waals surface area contributed by atoms with Crippen LogP contribution < -0.4 is 9.47 Å². The average Bonchev–Trinajstić information content (AvgIpc) is 3.15. The van der Waals surface area contributed by atoms with E-state index < -0.39 is 5.97 Å². The summed E-state index contributed by atoms with van der Waals surface area (Å²) in [5.41, 5.74) is 2.00. The molecule has 0 spiro atoms. The number of aryl methyl sites for hydroxylation is 1. The number of carbonyl (C=O) groups is 1. The zero-order valence-electron chi connectivity index (χ0n) is 14.7. The highest BCUT2D eigenvalue weighted by Gasteiger charge is 2.14. The number of rotatable bonds is 6. The predicted molar refractivity (Wildman–Crippen MR) is 93.1 cm³/mol. The van der Waals surface area contributed by atoms with Gasteiger partial charge < -0.3 is 18.7 Å². The number of hydrogen-bond acceptors (Lipinski definition) is 7. The maximum Gasteiger partial charge on any atom is 0.338 e. The fourth-order valence-corrected chi connectivity index (χ4v) is 2.37. The summed E-state index contributed by atoms with van der Waals surface area (Å²) >= 11 is 0. The molecule has 1 aromatic heterocycles. The second-order valence-corrected chi connectivity index (χ2v) is 5.50. The van der Waals surface area contributed by atoms with E-state index in [0.29, 0.717) is 17.1 Å². The van der Waals surface area contributed by atoms with Crippen molar-refractivity contribution in [1.82, 2.24) is 10.1 Å². The van der Waals surface area contributed by atoms with Gasteiger partial charge in [-0.25, -0.2) is 4.79 Å². The molecule has 0 fully saturated rings. The largest absolute Gasteiger partial charge is 0.497 e. The van der Waals surface area contributed by atoms with Gasteiger partial charge in [-0.2, -0.15) is 4.98 Å². The van der Waals surface area contributed by atoms with Crippen LogP contribution >= 0.6 is 0 Å². The number of hydrogen-bond donors (Lipinski definition) is 0. The van der Waals surface area contributed by atoms with E-state index in [1.165, 1.54) is 0 Å². The maximum atomic E-state index is 12.2. The summed E-state index contributed by atoms with van der Waals surface area (Å²) in [5, 5.41) is 3.90. The lowest BCUT2D eigenvalue weighted by molar-refractivity contribution is 0.0429. The molecule has 1 heterocycles. The number of benzene rings is 2. The Morgan fingerprint density at radius 1 is 1.04 bits per heavy atom. The molecule has 0 radical (unpaired) electrons. The number of methoxy groups -OCH3 is 2. The SMILES string of the molecule is COc1ccc(-c2noc(COC(=O)c3ccc(OC)cc3C)n2)cc1. The van der Waals surface area contributed by atoms with Gasteiger partial charge in [-0.15, -0.1) is 0 Å². The number of esters is 1. The Morgan fingerprint density at radius 2 is 1.73 bits per heavy atom. The van der Waals surface area contributed by atoms with Gasteiger partial charge in [-0.05, 0) is 55.0 Å². The molecule has 2 aromatic carbocycles. The first-order valence-corrected chi connectivity index (χ1v) is 7.89. The highest BCUT2D eigenvalue weighted by molar-refractivity contribution is 5.91. The molecule has 0 unspecified atom stereocenters. The standard InChI is InChI=1S/C19H18N2O5/c1-12-10-15(24-3)8-9-16(12)19(22)25-11-17-20-18(21-26-17)13-4-6-14(23-2)7-5-13/h4-10H,11H2,1-3H3. The Bertz CT molecular complexity index is 903. The highest BCUT2D eigenvalue weighted by atomic mass is 16.6. The quantitative estimate of drug-likeness (QED) is 0.627. The number of carbonyl (C=O) groups excluding carboxylic acids is 1. The van der Waals surface area contributed by atoms with Crippen molar-refractivity contribution in [3.05, 3.63) is 59.5 Å². The van der Waals surface area contributed by atoms with E-state index in [4.69, 9.17) is 18.7 Å². The minimum Gasteiger partial charge on any atom is -0.497 e. The van der Waals surface area contributed by atoms with Gasteiger partial charge in [0.25, 0.3) is 5.89 Å². The Hall–Kier alpha value is -3.35. The van der Waals surface area contributed by atoms with Crippen molar-refractivity contribution in [2.75, 3.05) is 14.2 Å². The molecular weight excluding hydrogens is 336 g/mol. The number of ether oxygens (including phenoxy) is 3. The lowest BCUT2D eigenvalue weighted by atomic mass is 10.1. The first kappa shape index (κ1) is 17.5. The van der Waals surface area contributed by atoms with Crippen LogP contribution in [0.4, 0.5) is 0 Å². The van der Waals surface area contributed by atoms with E-state index in [1.54, 1.807) is 44.6 Å². The van der Waals surface area contributed by atoms with E-state index in [0.717, 1.165) is 16.9 Å². The molecule has 0 saturated heterocycles. The Balaban J connectivity index is 1.65. The minimum atomic E-state index is -0.464. The summed E-state index contributed by atoms with van der Waals surface area (Å²) in [4.78, 5) is 16.5. The first-order valence-electron chi connectivity index (χ1n) is 7.89. The smallest absolute Gasteiger partial charge is 0.338 e. The molecule has 26 heavy (non-hydrogen) atoms. The summed E-state index contributed by atoms with van der Waals surface area (Å²) in [6, 6.07) is 12.4. The summed E-state index contributed by atoms with van der Waals surface area (Å²) in [7, 11) is 3.17. The third-order valence-corrected chi connectivity index (χ3v) is 3.80.